The summed E-state index contributed by atoms with van der Waals surface area (Å²) >= 11 is 0. The molecule has 0 saturated carbocycles. The van der Waals surface area contributed by atoms with E-state index in [0.29, 0.717) is 6.42 Å². The van der Waals surface area contributed by atoms with Crippen molar-refractivity contribution < 1.29 is 10.0 Å². The standard InChI is InChI=1S/C14H22N2O3/c1-11(15-12(2)9-10-17)7-8-13-5-3-4-6-14(13)16(18)19/h3-6,11-12,15,17H,7-10H2,1-2H3/t11?,12-/m1/s1. The van der Waals surface area contributed by atoms with Gasteiger partial charge < -0.3 is 10.4 Å². The lowest BCUT2D eigenvalue weighted by Crippen LogP contribution is -2.35. The summed E-state index contributed by atoms with van der Waals surface area (Å²) in [4.78, 5) is 10.6. The van der Waals surface area contributed by atoms with Crippen LogP contribution in [0.2, 0.25) is 0 Å². The minimum atomic E-state index is -0.332. The molecule has 0 heterocycles. The third kappa shape index (κ3) is 5.36. The first-order valence-electron chi connectivity index (χ1n) is 6.63. The molecule has 19 heavy (non-hydrogen) atoms. The smallest absolute Gasteiger partial charge is 0.272 e. The van der Waals surface area contributed by atoms with Gasteiger partial charge in [0.15, 0.2) is 0 Å². The average molecular weight is 266 g/mol. The van der Waals surface area contributed by atoms with Crippen LogP contribution in [0.4, 0.5) is 5.69 Å². The minimum Gasteiger partial charge on any atom is -0.396 e. The van der Waals surface area contributed by atoms with E-state index in [1.54, 1.807) is 12.1 Å². The predicted molar refractivity (Wildman–Crippen MR) is 75.2 cm³/mol. The van der Waals surface area contributed by atoms with E-state index in [0.717, 1.165) is 18.4 Å². The van der Waals surface area contributed by atoms with E-state index in [1.807, 2.05) is 19.1 Å². The second-order valence-corrected chi connectivity index (χ2v) is 4.91. The maximum atomic E-state index is 10.9. The molecule has 0 bridgehead atoms. The van der Waals surface area contributed by atoms with Crippen LogP contribution in [0.3, 0.4) is 0 Å². The van der Waals surface area contributed by atoms with Crippen LogP contribution < -0.4 is 5.32 Å². The molecule has 5 nitrogen and oxygen atoms in total. The Bertz CT molecular complexity index is 409. The number of nitro groups is 1. The lowest BCUT2D eigenvalue weighted by atomic mass is 10.0. The van der Waals surface area contributed by atoms with Gasteiger partial charge in [0.05, 0.1) is 4.92 Å². The van der Waals surface area contributed by atoms with E-state index in [4.69, 9.17) is 5.11 Å². The van der Waals surface area contributed by atoms with E-state index in [1.165, 1.54) is 0 Å². The number of nitro benzene ring substituents is 1. The molecule has 0 radical (unpaired) electrons. The summed E-state index contributed by atoms with van der Waals surface area (Å²) in [7, 11) is 0. The Hall–Kier alpha value is -1.46. The quantitative estimate of drug-likeness (QED) is 0.559. The topological polar surface area (TPSA) is 75.4 Å². The molecule has 1 aromatic rings. The van der Waals surface area contributed by atoms with Crippen molar-refractivity contribution in [2.24, 2.45) is 0 Å². The molecule has 0 aromatic heterocycles. The van der Waals surface area contributed by atoms with Gasteiger partial charge in [0.2, 0.25) is 0 Å². The number of nitrogens with one attached hydrogen (secondary N) is 1. The summed E-state index contributed by atoms with van der Waals surface area (Å²) in [6, 6.07) is 7.39. The molecule has 0 spiro atoms. The molecule has 0 amide bonds. The number of hydrogen-bond acceptors (Lipinski definition) is 4. The SMILES string of the molecule is CC(CCc1ccccc1[N+](=O)[O-])N[C@H](C)CCO. The van der Waals surface area contributed by atoms with Crippen LogP contribution in [0, 0.1) is 10.1 Å². The van der Waals surface area contributed by atoms with Crippen molar-refractivity contribution in [2.45, 2.75) is 45.2 Å². The maximum Gasteiger partial charge on any atom is 0.272 e. The number of aliphatic hydroxyl groups excluding tert-OH is 1. The van der Waals surface area contributed by atoms with Crippen molar-refractivity contribution in [3.8, 4) is 0 Å². The highest BCUT2D eigenvalue weighted by Gasteiger charge is 2.13. The number of aryl methyl sites for hydroxylation is 1. The summed E-state index contributed by atoms with van der Waals surface area (Å²) < 4.78 is 0. The number of nitrogens with zero attached hydrogens (tertiary/aromatic N) is 1. The van der Waals surface area contributed by atoms with Gasteiger partial charge >= 0.3 is 0 Å². The molecular formula is C14H22N2O3. The minimum absolute atomic E-state index is 0.172. The van der Waals surface area contributed by atoms with Gasteiger partial charge in [-0.3, -0.25) is 10.1 Å². The molecule has 0 saturated heterocycles. The van der Waals surface area contributed by atoms with Crippen LogP contribution in [-0.2, 0) is 6.42 Å². The third-order valence-corrected chi connectivity index (χ3v) is 3.17. The van der Waals surface area contributed by atoms with Gasteiger partial charge in [0.25, 0.3) is 5.69 Å². The van der Waals surface area contributed by atoms with E-state index in [9.17, 15) is 10.1 Å². The van der Waals surface area contributed by atoms with E-state index >= 15 is 0 Å². The third-order valence-electron chi connectivity index (χ3n) is 3.17. The molecule has 0 aliphatic carbocycles. The summed E-state index contributed by atoms with van der Waals surface area (Å²) in [5, 5.41) is 23.1. The van der Waals surface area contributed by atoms with E-state index < -0.39 is 0 Å². The Balaban J connectivity index is 2.50. The Morgan fingerprint density at radius 1 is 1.26 bits per heavy atom. The van der Waals surface area contributed by atoms with Gasteiger partial charge in [-0.1, -0.05) is 18.2 Å². The van der Waals surface area contributed by atoms with Gasteiger partial charge in [0.1, 0.15) is 0 Å². The summed E-state index contributed by atoms with van der Waals surface area (Å²) in [6.07, 6.45) is 2.23. The Morgan fingerprint density at radius 3 is 2.53 bits per heavy atom. The van der Waals surface area contributed by atoms with Gasteiger partial charge in [0, 0.05) is 30.3 Å². The van der Waals surface area contributed by atoms with Crippen molar-refractivity contribution in [2.75, 3.05) is 6.61 Å². The molecule has 1 aromatic carbocycles. The Kier molecular flexibility index (Phi) is 6.45. The van der Waals surface area contributed by atoms with Crippen molar-refractivity contribution in [1.82, 2.24) is 5.32 Å². The maximum absolute atomic E-state index is 10.9. The molecule has 1 rings (SSSR count). The van der Waals surface area contributed by atoms with Crippen molar-refractivity contribution in [3.63, 3.8) is 0 Å². The monoisotopic (exact) mass is 266 g/mol. The second kappa shape index (κ2) is 7.86. The molecular weight excluding hydrogens is 244 g/mol. The fraction of sp³-hybridized carbons (Fsp3) is 0.571. The fourth-order valence-corrected chi connectivity index (χ4v) is 2.12. The van der Waals surface area contributed by atoms with Crippen LogP contribution in [0.15, 0.2) is 24.3 Å². The number of benzene rings is 1. The normalized spacial score (nSPS) is 14.1. The van der Waals surface area contributed by atoms with Crippen LogP contribution in [0.1, 0.15) is 32.3 Å². The molecule has 5 heteroatoms. The largest absolute Gasteiger partial charge is 0.396 e. The molecule has 0 aliphatic heterocycles. The van der Waals surface area contributed by atoms with Crippen molar-refractivity contribution in [1.29, 1.82) is 0 Å². The highest BCUT2D eigenvalue weighted by atomic mass is 16.6. The first kappa shape index (κ1) is 15.6. The highest BCUT2D eigenvalue weighted by molar-refractivity contribution is 5.39. The molecule has 2 atom stereocenters. The van der Waals surface area contributed by atoms with E-state index in [2.05, 4.69) is 12.2 Å². The first-order chi connectivity index (χ1) is 9.04. The zero-order valence-electron chi connectivity index (χ0n) is 11.5. The molecule has 0 fully saturated rings. The van der Waals surface area contributed by atoms with Crippen molar-refractivity contribution in [3.05, 3.63) is 39.9 Å². The first-order valence-corrected chi connectivity index (χ1v) is 6.63. The zero-order valence-corrected chi connectivity index (χ0v) is 11.5. The van der Waals surface area contributed by atoms with Gasteiger partial charge in [-0.05, 0) is 33.1 Å². The predicted octanol–water partition coefficient (Wildman–Crippen LogP) is 2.28. The van der Waals surface area contributed by atoms with Crippen LogP contribution in [-0.4, -0.2) is 28.7 Å². The lowest BCUT2D eigenvalue weighted by Gasteiger charge is -2.19. The fourth-order valence-electron chi connectivity index (χ4n) is 2.12. The Morgan fingerprint density at radius 2 is 1.89 bits per heavy atom. The van der Waals surface area contributed by atoms with Gasteiger partial charge in [-0.15, -0.1) is 0 Å². The lowest BCUT2D eigenvalue weighted by molar-refractivity contribution is -0.385. The number of rotatable bonds is 8. The van der Waals surface area contributed by atoms with Gasteiger partial charge in [-0.2, -0.15) is 0 Å². The zero-order chi connectivity index (χ0) is 14.3. The van der Waals surface area contributed by atoms with Crippen LogP contribution in [0.5, 0.6) is 0 Å². The van der Waals surface area contributed by atoms with Gasteiger partial charge in [-0.25, -0.2) is 0 Å². The summed E-state index contributed by atoms with van der Waals surface area (Å²) in [5.74, 6) is 0. The second-order valence-electron chi connectivity index (χ2n) is 4.91. The number of hydrogen-bond donors (Lipinski definition) is 2. The molecule has 106 valence electrons. The summed E-state index contributed by atoms with van der Waals surface area (Å²) in [5.41, 5.74) is 0.967. The Labute approximate surface area is 113 Å². The van der Waals surface area contributed by atoms with Crippen molar-refractivity contribution >= 4 is 5.69 Å². The van der Waals surface area contributed by atoms with E-state index in [-0.39, 0.29) is 29.3 Å². The molecule has 2 N–H and O–H groups in total. The average Bonchev–Trinajstić information content (AvgIpc) is 2.36. The van der Waals surface area contributed by atoms with Crippen LogP contribution >= 0.6 is 0 Å². The number of para-hydroxylation sites is 1. The molecule has 0 aliphatic rings. The highest BCUT2D eigenvalue weighted by Crippen LogP contribution is 2.19. The van der Waals surface area contributed by atoms with Crippen LogP contribution in [0.25, 0.3) is 0 Å². The number of aliphatic hydroxyl groups is 1. The molecule has 1 unspecified atom stereocenters. The summed E-state index contributed by atoms with van der Waals surface area (Å²) in [6.45, 7) is 4.26.